The molecule has 0 aliphatic heterocycles. The van der Waals surface area contributed by atoms with Crippen molar-refractivity contribution in [3.05, 3.63) is 28.2 Å². The van der Waals surface area contributed by atoms with E-state index in [4.69, 9.17) is 35.4 Å². The molecule has 3 nitrogen and oxygen atoms in total. The Morgan fingerprint density at radius 1 is 1.11 bits per heavy atom. The van der Waals surface area contributed by atoms with Gasteiger partial charge in [-0.05, 0) is 43.3 Å². The number of halogens is 2. The Bertz CT molecular complexity index is 448. The number of benzene rings is 1. The SMILES string of the molecule is S=C(NNc1ccc(Cl)c(Cl)c1)NC1CCCCC1. The number of rotatable bonds is 3. The molecule has 1 fully saturated rings. The summed E-state index contributed by atoms with van der Waals surface area (Å²) in [5.74, 6) is 0. The topological polar surface area (TPSA) is 36.1 Å². The lowest BCUT2D eigenvalue weighted by Crippen LogP contribution is -2.44. The monoisotopic (exact) mass is 317 g/mol. The Balaban J connectivity index is 1.77. The zero-order chi connectivity index (χ0) is 13.7. The first-order chi connectivity index (χ1) is 9.15. The molecule has 0 radical (unpaired) electrons. The maximum Gasteiger partial charge on any atom is 0.185 e. The molecule has 0 spiro atoms. The van der Waals surface area contributed by atoms with Crippen molar-refractivity contribution in [2.45, 2.75) is 38.1 Å². The molecular formula is C13H17Cl2N3S. The highest BCUT2D eigenvalue weighted by Gasteiger charge is 2.13. The molecule has 0 unspecified atom stereocenters. The number of hydrogen-bond donors (Lipinski definition) is 3. The fourth-order valence-corrected chi connectivity index (χ4v) is 2.69. The molecule has 0 aromatic heterocycles. The molecule has 0 amide bonds. The molecule has 0 heterocycles. The van der Waals surface area contributed by atoms with Crippen molar-refractivity contribution in [1.82, 2.24) is 10.7 Å². The van der Waals surface area contributed by atoms with Gasteiger partial charge in [0, 0.05) is 6.04 Å². The Labute approximate surface area is 129 Å². The van der Waals surface area contributed by atoms with Crippen molar-refractivity contribution < 1.29 is 0 Å². The van der Waals surface area contributed by atoms with Gasteiger partial charge in [-0.3, -0.25) is 10.9 Å². The number of hydrogen-bond acceptors (Lipinski definition) is 2. The minimum atomic E-state index is 0.490. The maximum absolute atomic E-state index is 5.94. The van der Waals surface area contributed by atoms with Gasteiger partial charge in [0.05, 0.1) is 15.7 Å². The molecule has 1 aromatic carbocycles. The number of thiocarbonyl (C=S) groups is 1. The second-order valence-electron chi connectivity index (χ2n) is 4.69. The first kappa shape index (κ1) is 14.7. The first-order valence-corrected chi connectivity index (χ1v) is 7.59. The van der Waals surface area contributed by atoms with Crippen molar-refractivity contribution in [1.29, 1.82) is 0 Å². The van der Waals surface area contributed by atoms with Gasteiger partial charge < -0.3 is 5.32 Å². The summed E-state index contributed by atoms with van der Waals surface area (Å²) in [5.41, 5.74) is 6.79. The summed E-state index contributed by atoms with van der Waals surface area (Å²) in [6, 6.07) is 5.82. The molecule has 104 valence electrons. The summed E-state index contributed by atoms with van der Waals surface area (Å²) in [4.78, 5) is 0. The molecule has 0 saturated heterocycles. The van der Waals surface area contributed by atoms with Gasteiger partial charge in [-0.1, -0.05) is 42.5 Å². The van der Waals surface area contributed by atoms with E-state index in [0.717, 1.165) is 5.69 Å². The van der Waals surface area contributed by atoms with E-state index in [1.54, 1.807) is 12.1 Å². The lowest BCUT2D eigenvalue weighted by Gasteiger charge is -2.24. The second-order valence-corrected chi connectivity index (χ2v) is 5.91. The smallest absolute Gasteiger partial charge is 0.185 e. The van der Waals surface area contributed by atoms with Crippen molar-refractivity contribution in [3.63, 3.8) is 0 Å². The third-order valence-electron chi connectivity index (χ3n) is 3.18. The van der Waals surface area contributed by atoms with Gasteiger partial charge in [-0.15, -0.1) is 0 Å². The van der Waals surface area contributed by atoms with Crippen molar-refractivity contribution in [2.75, 3.05) is 5.43 Å². The Morgan fingerprint density at radius 2 is 1.84 bits per heavy atom. The van der Waals surface area contributed by atoms with Crippen LogP contribution in [0.5, 0.6) is 0 Å². The zero-order valence-corrected chi connectivity index (χ0v) is 12.8. The van der Waals surface area contributed by atoms with E-state index in [0.29, 0.717) is 21.2 Å². The predicted molar refractivity (Wildman–Crippen MR) is 85.8 cm³/mol. The van der Waals surface area contributed by atoms with Crippen LogP contribution in [0, 0.1) is 0 Å². The van der Waals surface area contributed by atoms with Crippen LogP contribution in [0.25, 0.3) is 0 Å². The van der Waals surface area contributed by atoms with Crippen molar-refractivity contribution in [3.8, 4) is 0 Å². The number of anilines is 1. The second kappa shape index (κ2) is 7.17. The van der Waals surface area contributed by atoms with Crippen LogP contribution in [0.15, 0.2) is 18.2 Å². The molecule has 0 bridgehead atoms. The average Bonchev–Trinajstić information content (AvgIpc) is 2.41. The molecule has 1 aromatic rings. The largest absolute Gasteiger partial charge is 0.359 e. The van der Waals surface area contributed by atoms with Crippen LogP contribution in [-0.2, 0) is 0 Å². The third-order valence-corrected chi connectivity index (χ3v) is 4.14. The van der Waals surface area contributed by atoms with Crippen LogP contribution in [0.4, 0.5) is 5.69 Å². The quantitative estimate of drug-likeness (QED) is 0.579. The van der Waals surface area contributed by atoms with Crippen molar-refractivity contribution >= 4 is 46.2 Å². The highest BCUT2D eigenvalue weighted by molar-refractivity contribution is 7.80. The molecule has 3 N–H and O–H groups in total. The van der Waals surface area contributed by atoms with Crippen LogP contribution in [0.3, 0.4) is 0 Å². The lowest BCUT2D eigenvalue weighted by atomic mass is 9.96. The van der Waals surface area contributed by atoms with Gasteiger partial charge in [0.2, 0.25) is 0 Å². The summed E-state index contributed by atoms with van der Waals surface area (Å²) in [7, 11) is 0. The summed E-state index contributed by atoms with van der Waals surface area (Å²) in [5, 5.41) is 4.97. The maximum atomic E-state index is 5.94. The predicted octanol–water partition coefficient (Wildman–Crippen LogP) is 4.12. The standard InChI is InChI=1S/C13H17Cl2N3S/c14-11-7-6-10(8-12(11)15)17-18-13(19)16-9-4-2-1-3-5-9/h6-9,17H,1-5H2,(H2,16,18,19). The molecule has 2 rings (SSSR count). The normalized spacial score (nSPS) is 15.9. The molecule has 1 saturated carbocycles. The van der Waals surface area contributed by atoms with E-state index in [1.165, 1.54) is 32.1 Å². The van der Waals surface area contributed by atoms with Crippen LogP contribution in [0.2, 0.25) is 10.0 Å². The van der Waals surface area contributed by atoms with E-state index < -0.39 is 0 Å². The molecule has 0 atom stereocenters. The van der Waals surface area contributed by atoms with Crippen LogP contribution < -0.4 is 16.2 Å². The van der Waals surface area contributed by atoms with Gasteiger partial charge in [-0.25, -0.2) is 0 Å². The van der Waals surface area contributed by atoms with Gasteiger partial charge in [0.15, 0.2) is 5.11 Å². The molecule has 19 heavy (non-hydrogen) atoms. The number of hydrazine groups is 1. The van der Waals surface area contributed by atoms with Crippen LogP contribution in [0.1, 0.15) is 32.1 Å². The molecule has 6 heteroatoms. The third kappa shape index (κ3) is 4.71. The minimum Gasteiger partial charge on any atom is -0.359 e. The van der Waals surface area contributed by atoms with E-state index in [9.17, 15) is 0 Å². The fourth-order valence-electron chi connectivity index (χ4n) is 2.17. The Hall–Kier alpha value is -0.710. The molecular weight excluding hydrogens is 301 g/mol. The highest BCUT2D eigenvalue weighted by atomic mass is 35.5. The summed E-state index contributed by atoms with van der Waals surface area (Å²) in [6.07, 6.45) is 6.27. The fraction of sp³-hybridized carbons (Fsp3) is 0.462. The Morgan fingerprint density at radius 3 is 2.53 bits per heavy atom. The van der Waals surface area contributed by atoms with Gasteiger partial charge >= 0.3 is 0 Å². The average molecular weight is 318 g/mol. The Kier molecular flexibility index (Phi) is 5.55. The zero-order valence-electron chi connectivity index (χ0n) is 10.5. The van der Waals surface area contributed by atoms with Crippen LogP contribution in [-0.4, -0.2) is 11.2 Å². The summed E-state index contributed by atoms with van der Waals surface area (Å²) < 4.78 is 0. The van der Waals surface area contributed by atoms with Gasteiger partial charge in [0.1, 0.15) is 0 Å². The van der Waals surface area contributed by atoms with Crippen LogP contribution >= 0.6 is 35.4 Å². The van der Waals surface area contributed by atoms with Crippen molar-refractivity contribution in [2.24, 2.45) is 0 Å². The highest BCUT2D eigenvalue weighted by Crippen LogP contribution is 2.24. The molecule has 1 aliphatic rings. The number of nitrogens with one attached hydrogen (secondary N) is 3. The summed E-state index contributed by atoms with van der Waals surface area (Å²) in [6.45, 7) is 0. The van der Waals surface area contributed by atoms with E-state index >= 15 is 0 Å². The lowest BCUT2D eigenvalue weighted by molar-refractivity contribution is 0.412. The van der Waals surface area contributed by atoms with Gasteiger partial charge in [-0.2, -0.15) is 0 Å². The van der Waals surface area contributed by atoms with E-state index in [2.05, 4.69) is 16.2 Å². The van der Waals surface area contributed by atoms with E-state index in [1.807, 2.05) is 6.07 Å². The van der Waals surface area contributed by atoms with Gasteiger partial charge in [0.25, 0.3) is 0 Å². The van der Waals surface area contributed by atoms with E-state index in [-0.39, 0.29) is 0 Å². The minimum absolute atomic E-state index is 0.490. The molecule has 1 aliphatic carbocycles. The summed E-state index contributed by atoms with van der Waals surface area (Å²) >= 11 is 17.0. The first-order valence-electron chi connectivity index (χ1n) is 6.43.